The molecule has 0 aromatic rings. The number of ether oxygens (including phenoxy) is 1. The van der Waals surface area contributed by atoms with Crippen molar-refractivity contribution in [2.45, 2.75) is 46.5 Å². The predicted molar refractivity (Wildman–Crippen MR) is 70.0 cm³/mol. The van der Waals surface area contributed by atoms with Crippen molar-refractivity contribution in [3.63, 3.8) is 0 Å². The van der Waals surface area contributed by atoms with Gasteiger partial charge < -0.3 is 9.64 Å². The SMILES string of the molecule is CCCN(CC(=O)OC)C(=O)C1CCCC1(C)C. The Morgan fingerprint density at radius 3 is 2.50 bits per heavy atom. The van der Waals surface area contributed by atoms with Crippen molar-refractivity contribution in [1.82, 2.24) is 4.90 Å². The number of nitrogens with zero attached hydrogens (tertiary/aromatic N) is 1. The first kappa shape index (κ1) is 15.0. The fourth-order valence-electron chi connectivity index (χ4n) is 2.76. The minimum absolute atomic E-state index is 0.0497. The van der Waals surface area contributed by atoms with Crippen LogP contribution in [0.3, 0.4) is 0 Å². The van der Waals surface area contributed by atoms with E-state index < -0.39 is 0 Å². The van der Waals surface area contributed by atoms with Crippen LogP contribution in [0.2, 0.25) is 0 Å². The lowest BCUT2D eigenvalue weighted by atomic mass is 9.81. The summed E-state index contributed by atoms with van der Waals surface area (Å²) in [6, 6.07) is 0. The molecule has 0 bridgehead atoms. The highest BCUT2D eigenvalue weighted by Gasteiger charge is 2.41. The van der Waals surface area contributed by atoms with E-state index in [1.165, 1.54) is 7.11 Å². The fourth-order valence-corrected chi connectivity index (χ4v) is 2.76. The largest absolute Gasteiger partial charge is 0.468 e. The molecular formula is C14H25NO3. The summed E-state index contributed by atoms with van der Waals surface area (Å²) in [6.07, 6.45) is 3.98. The van der Waals surface area contributed by atoms with E-state index in [1.807, 2.05) is 6.92 Å². The van der Waals surface area contributed by atoms with Gasteiger partial charge in [-0.1, -0.05) is 27.2 Å². The van der Waals surface area contributed by atoms with Gasteiger partial charge in [-0.3, -0.25) is 9.59 Å². The van der Waals surface area contributed by atoms with Gasteiger partial charge in [0.1, 0.15) is 6.54 Å². The summed E-state index contributed by atoms with van der Waals surface area (Å²) in [5.41, 5.74) is 0.0548. The maximum atomic E-state index is 12.5. The van der Waals surface area contributed by atoms with Gasteiger partial charge in [0.2, 0.25) is 5.91 Å². The van der Waals surface area contributed by atoms with E-state index in [9.17, 15) is 9.59 Å². The predicted octanol–water partition coefficient (Wildman–Crippen LogP) is 2.22. The van der Waals surface area contributed by atoms with E-state index in [4.69, 9.17) is 0 Å². The second kappa shape index (κ2) is 6.21. The van der Waals surface area contributed by atoms with Gasteiger partial charge >= 0.3 is 5.97 Å². The molecule has 1 rings (SSSR count). The maximum Gasteiger partial charge on any atom is 0.325 e. The van der Waals surface area contributed by atoms with Crippen LogP contribution < -0.4 is 0 Å². The third-order valence-electron chi connectivity index (χ3n) is 3.91. The zero-order valence-electron chi connectivity index (χ0n) is 12.0. The molecule has 104 valence electrons. The summed E-state index contributed by atoms with van der Waals surface area (Å²) in [7, 11) is 1.36. The first-order valence-corrected chi connectivity index (χ1v) is 6.78. The molecule has 1 fully saturated rings. The summed E-state index contributed by atoms with van der Waals surface area (Å²) in [6.45, 7) is 7.00. The smallest absolute Gasteiger partial charge is 0.325 e. The molecule has 1 aliphatic rings. The summed E-state index contributed by atoms with van der Waals surface area (Å²) in [5, 5.41) is 0. The van der Waals surface area contributed by atoms with Crippen LogP contribution in [0.5, 0.6) is 0 Å². The Labute approximate surface area is 110 Å². The van der Waals surface area contributed by atoms with Gasteiger partial charge in [-0.05, 0) is 24.7 Å². The minimum Gasteiger partial charge on any atom is -0.468 e. The Morgan fingerprint density at radius 1 is 1.39 bits per heavy atom. The molecule has 0 spiro atoms. The van der Waals surface area contributed by atoms with E-state index in [2.05, 4.69) is 18.6 Å². The van der Waals surface area contributed by atoms with E-state index >= 15 is 0 Å². The fraction of sp³-hybridized carbons (Fsp3) is 0.857. The number of rotatable bonds is 5. The molecule has 0 aliphatic heterocycles. The van der Waals surface area contributed by atoms with E-state index in [0.717, 1.165) is 25.7 Å². The molecule has 18 heavy (non-hydrogen) atoms. The van der Waals surface area contributed by atoms with Gasteiger partial charge in [0.15, 0.2) is 0 Å². The third kappa shape index (κ3) is 3.47. The van der Waals surface area contributed by atoms with Gasteiger partial charge in [0.25, 0.3) is 0 Å². The number of hydrogen-bond donors (Lipinski definition) is 0. The van der Waals surface area contributed by atoms with Crippen molar-refractivity contribution in [2.75, 3.05) is 20.2 Å². The maximum absolute atomic E-state index is 12.5. The first-order chi connectivity index (χ1) is 8.42. The molecule has 0 aromatic heterocycles. The van der Waals surface area contributed by atoms with Gasteiger partial charge in [0, 0.05) is 12.5 Å². The number of carbonyl (C=O) groups is 2. The summed E-state index contributed by atoms with van der Waals surface area (Å²) in [5.74, 6) is -0.175. The minimum atomic E-state index is -0.340. The van der Waals surface area contributed by atoms with Crippen LogP contribution in [0.15, 0.2) is 0 Å². The molecule has 0 N–H and O–H groups in total. The average molecular weight is 255 g/mol. The van der Waals surface area contributed by atoms with Crippen LogP contribution >= 0.6 is 0 Å². The normalized spacial score (nSPS) is 21.7. The topological polar surface area (TPSA) is 46.6 Å². The highest BCUT2D eigenvalue weighted by atomic mass is 16.5. The van der Waals surface area contributed by atoms with Gasteiger partial charge in [-0.25, -0.2) is 0 Å². The molecule has 0 heterocycles. The first-order valence-electron chi connectivity index (χ1n) is 6.78. The lowest BCUT2D eigenvalue weighted by molar-refractivity contribution is -0.149. The lowest BCUT2D eigenvalue weighted by Gasteiger charge is -2.31. The van der Waals surface area contributed by atoms with E-state index in [1.54, 1.807) is 4.90 Å². The number of amides is 1. The molecule has 1 saturated carbocycles. The Morgan fingerprint density at radius 2 is 2.06 bits per heavy atom. The highest BCUT2D eigenvalue weighted by Crippen LogP contribution is 2.43. The van der Waals surface area contributed by atoms with Crippen molar-refractivity contribution < 1.29 is 14.3 Å². The van der Waals surface area contributed by atoms with Gasteiger partial charge in [-0.15, -0.1) is 0 Å². The quantitative estimate of drug-likeness (QED) is 0.708. The molecule has 1 amide bonds. The number of esters is 1. The van der Waals surface area contributed by atoms with Gasteiger partial charge in [0.05, 0.1) is 7.11 Å². The molecular weight excluding hydrogens is 230 g/mol. The van der Waals surface area contributed by atoms with Crippen molar-refractivity contribution in [3.8, 4) is 0 Å². The second-order valence-corrected chi connectivity index (χ2v) is 5.77. The number of methoxy groups -OCH3 is 1. The molecule has 0 radical (unpaired) electrons. The third-order valence-corrected chi connectivity index (χ3v) is 3.91. The van der Waals surface area contributed by atoms with Crippen LogP contribution in [0.25, 0.3) is 0 Å². The summed E-state index contributed by atoms with van der Waals surface area (Å²) >= 11 is 0. The lowest BCUT2D eigenvalue weighted by Crippen LogP contribution is -2.43. The van der Waals surface area contributed by atoms with Crippen LogP contribution in [-0.4, -0.2) is 37.0 Å². The summed E-state index contributed by atoms with van der Waals surface area (Å²) < 4.78 is 4.66. The second-order valence-electron chi connectivity index (χ2n) is 5.77. The Kier molecular flexibility index (Phi) is 5.17. The van der Waals surface area contributed by atoms with Crippen molar-refractivity contribution >= 4 is 11.9 Å². The molecule has 4 nitrogen and oxygen atoms in total. The zero-order chi connectivity index (χ0) is 13.8. The Hall–Kier alpha value is -1.06. The highest BCUT2D eigenvalue weighted by molar-refractivity contribution is 5.84. The molecule has 1 aliphatic carbocycles. The average Bonchev–Trinajstić information content (AvgIpc) is 2.67. The molecule has 0 saturated heterocycles. The van der Waals surface area contributed by atoms with Crippen LogP contribution in [0, 0.1) is 11.3 Å². The summed E-state index contributed by atoms with van der Waals surface area (Å²) in [4.78, 5) is 25.5. The van der Waals surface area contributed by atoms with Crippen molar-refractivity contribution in [3.05, 3.63) is 0 Å². The molecule has 1 unspecified atom stereocenters. The van der Waals surface area contributed by atoms with Crippen LogP contribution in [0.4, 0.5) is 0 Å². The van der Waals surface area contributed by atoms with Crippen molar-refractivity contribution in [1.29, 1.82) is 0 Å². The molecule has 0 aromatic carbocycles. The Balaban J connectivity index is 2.73. The van der Waals surface area contributed by atoms with Gasteiger partial charge in [-0.2, -0.15) is 0 Å². The van der Waals surface area contributed by atoms with Crippen LogP contribution in [0.1, 0.15) is 46.5 Å². The number of carbonyl (C=O) groups excluding carboxylic acids is 2. The molecule has 1 atom stereocenters. The van der Waals surface area contributed by atoms with E-state index in [0.29, 0.717) is 6.54 Å². The van der Waals surface area contributed by atoms with Crippen LogP contribution in [-0.2, 0) is 14.3 Å². The Bertz CT molecular complexity index is 312. The number of hydrogen-bond acceptors (Lipinski definition) is 3. The standard InChI is InChI=1S/C14H25NO3/c1-5-9-15(10-12(16)18-4)13(17)11-7-6-8-14(11,2)3/h11H,5-10H2,1-4H3. The van der Waals surface area contributed by atoms with Crippen molar-refractivity contribution in [2.24, 2.45) is 11.3 Å². The monoisotopic (exact) mass is 255 g/mol. The zero-order valence-corrected chi connectivity index (χ0v) is 12.0. The molecule has 4 heteroatoms. The van der Waals surface area contributed by atoms with E-state index in [-0.39, 0.29) is 29.8 Å².